The number of aliphatic hydroxyl groups excluding tert-OH is 1. The largest absolute Gasteiger partial charge is 0.400 e. The summed E-state index contributed by atoms with van der Waals surface area (Å²) in [7, 11) is 1.00. The lowest BCUT2D eigenvalue weighted by atomic mass is 9.51. The summed E-state index contributed by atoms with van der Waals surface area (Å²) in [5, 5.41) is 7.00. The van der Waals surface area contributed by atoms with Crippen molar-refractivity contribution in [2.24, 2.45) is 35.5 Å². The molecule has 0 bridgehead atoms. The molecule has 0 heterocycles. The van der Waals surface area contributed by atoms with Crippen LogP contribution in [0.25, 0.3) is 0 Å². The summed E-state index contributed by atoms with van der Waals surface area (Å²) in [6.45, 7) is 4.00. The van der Waals surface area contributed by atoms with Crippen LogP contribution in [0.3, 0.4) is 0 Å². The van der Waals surface area contributed by atoms with Crippen LogP contribution in [0.15, 0.2) is 0 Å². The van der Waals surface area contributed by atoms with Gasteiger partial charge in [-0.3, -0.25) is 0 Å². The molecule has 130 valence electrons. The minimum atomic E-state index is 1.00. The molecule has 0 aromatic rings. The van der Waals surface area contributed by atoms with E-state index in [-0.39, 0.29) is 0 Å². The molecule has 6 atom stereocenters. The molecule has 22 heavy (non-hydrogen) atoms. The quantitative estimate of drug-likeness (QED) is 0.577. The first-order valence-corrected chi connectivity index (χ1v) is 10.4. The van der Waals surface area contributed by atoms with E-state index in [1.165, 1.54) is 23.7 Å². The van der Waals surface area contributed by atoms with E-state index in [0.29, 0.717) is 0 Å². The van der Waals surface area contributed by atoms with E-state index in [9.17, 15) is 0 Å². The van der Waals surface area contributed by atoms with Crippen LogP contribution < -0.4 is 0 Å². The fourth-order valence-corrected chi connectivity index (χ4v) is 6.62. The fourth-order valence-electron chi connectivity index (χ4n) is 6.62. The molecule has 4 rings (SSSR count). The summed E-state index contributed by atoms with van der Waals surface area (Å²) in [5.41, 5.74) is 0. The van der Waals surface area contributed by atoms with Crippen molar-refractivity contribution in [1.82, 2.24) is 0 Å². The minimum absolute atomic E-state index is 1.00. The summed E-state index contributed by atoms with van der Waals surface area (Å²) in [6, 6.07) is 0. The molecule has 4 fully saturated rings. The average molecular weight is 309 g/mol. The zero-order valence-corrected chi connectivity index (χ0v) is 15.4. The Bertz CT molecular complexity index is 270. The van der Waals surface area contributed by atoms with E-state index < -0.39 is 0 Å². The molecule has 4 aliphatic rings. The van der Waals surface area contributed by atoms with Crippen LogP contribution in [0.2, 0.25) is 0 Å². The lowest BCUT2D eigenvalue weighted by Gasteiger charge is -2.54. The van der Waals surface area contributed by atoms with Gasteiger partial charge in [-0.1, -0.05) is 52.4 Å². The van der Waals surface area contributed by atoms with Gasteiger partial charge >= 0.3 is 0 Å². The Morgan fingerprint density at radius 2 is 0.818 bits per heavy atom. The molecule has 0 aromatic carbocycles. The number of hydrogen-bond donors (Lipinski definition) is 1. The maximum Gasteiger partial charge on any atom is 0.0319 e. The van der Waals surface area contributed by atoms with Crippen LogP contribution in [0.4, 0.5) is 0 Å². The Labute approximate surface area is 139 Å². The molecule has 0 amide bonds. The van der Waals surface area contributed by atoms with E-state index >= 15 is 0 Å². The third-order valence-corrected chi connectivity index (χ3v) is 7.33. The first-order valence-electron chi connectivity index (χ1n) is 10.4. The van der Waals surface area contributed by atoms with Crippen molar-refractivity contribution in [3.05, 3.63) is 0 Å². The Balaban J connectivity index is 0.000000410. The van der Waals surface area contributed by atoms with Crippen LogP contribution >= 0.6 is 0 Å². The highest BCUT2D eigenvalue weighted by molar-refractivity contribution is 4.97. The molecule has 1 N–H and O–H groups in total. The second-order valence-corrected chi connectivity index (χ2v) is 7.90. The van der Waals surface area contributed by atoms with Gasteiger partial charge in [0.2, 0.25) is 0 Å². The Kier molecular flexibility index (Phi) is 7.74. The zero-order chi connectivity index (χ0) is 15.9. The summed E-state index contributed by atoms with van der Waals surface area (Å²) in [5.74, 6) is 6.98. The smallest absolute Gasteiger partial charge is 0.0319 e. The van der Waals surface area contributed by atoms with E-state index in [0.717, 1.165) is 18.9 Å². The fraction of sp³-hybridized carbons (Fsp3) is 1.00. The molecule has 1 nitrogen and oxygen atoms in total. The molecule has 0 radical (unpaired) electrons. The second-order valence-electron chi connectivity index (χ2n) is 7.90. The van der Waals surface area contributed by atoms with Gasteiger partial charge in [0.25, 0.3) is 0 Å². The van der Waals surface area contributed by atoms with E-state index in [1.54, 1.807) is 77.0 Å². The molecule has 1 heteroatoms. The number of aliphatic hydroxyl groups is 1. The summed E-state index contributed by atoms with van der Waals surface area (Å²) < 4.78 is 0. The highest BCUT2D eigenvalue weighted by Crippen LogP contribution is 2.56. The molecule has 6 unspecified atom stereocenters. The van der Waals surface area contributed by atoms with Gasteiger partial charge in [0.05, 0.1) is 0 Å². The number of rotatable bonds is 0. The zero-order valence-electron chi connectivity index (χ0n) is 15.4. The minimum Gasteiger partial charge on any atom is -0.400 e. The van der Waals surface area contributed by atoms with Crippen molar-refractivity contribution >= 4 is 0 Å². The third-order valence-electron chi connectivity index (χ3n) is 7.33. The molecular formula is C21H40O. The lowest BCUT2D eigenvalue weighted by Crippen LogP contribution is -2.45. The highest BCUT2D eigenvalue weighted by atomic mass is 16.2. The molecule has 4 saturated carbocycles. The van der Waals surface area contributed by atoms with Gasteiger partial charge in [-0.05, 0) is 74.0 Å². The van der Waals surface area contributed by atoms with Crippen LogP contribution in [0.1, 0.15) is 90.9 Å². The maximum atomic E-state index is 7.00. The van der Waals surface area contributed by atoms with Crippen LogP contribution in [-0.2, 0) is 0 Å². The Morgan fingerprint density at radius 1 is 0.455 bits per heavy atom. The van der Waals surface area contributed by atoms with Gasteiger partial charge in [0.1, 0.15) is 0 Å². The molecular weight excluding hydrogens is 268 g/mol. The van der Waals surface area contributed by atoms with Crippen LogP contribution in [-0.4, -0.2) is 12.2 Å². The van der Waals surface area contributed by atoms with Crippen LogP contribution in [0, 0.1) is 35.5 Å². The summed E-state index contributed by atoms with van der Waals surface area (Å²) >= 11 is 0. The molecule has 0 spiro atoms. The predicted octanol–water partition coefficient (Wildman–Crippen LogP) is 6.05. The standard InChI is InChI=1S/C18H30.C2H6.CH4O/c1-3-7-15-13(5-1)9-11-18-16-8-4-2-6-14(16)10-12-17(15)18;2*1-2/h13-18H,1-12H2;1-2H3;2H,1H3. The van der Waals surface area contributed by atoms with Crippen molar-refractivity contribution < 1.29 is 5.11 Å². The van der Waals surface area contributed by atoms with Crippen molar-refractivity contribution in [3.63, 3.8) is 0 Å². The maximum absolute atomic E-state index is 7.00. The predicted molar refractivity (Wildman–Crippen MR) is 95.8 cm³/mol. The summed E-state index contributed by atoms with van der Waals surface area (Å²) in [4.78, 5) is 0. The first-order chi connectivity index (χ1) is 10.9. The number of hydrogen-bond acceptors (Lipinski definition) is 1. The normalized spacial score (nSPS) is 43.1. The van der Waals surface area contributed by atoms with Gasteiger partial charge in [0.15, 0.2) is 0 Å². The Morgan fingerprint density at radius 3 is 1.23 bits per heavy atom. The monoisotopic (exact) mass is 308 g/mol. The topological polar surface area (TPSA) is 20.2 Å². The van der Waals surface area contributed by atoms with E-state index in [1.807, 2.05) is 13.8 Å². The second kappa shape index (κ2) is 9.30. The SMILES string of the molecule is C1CCC2C(C1)CCC1C3CCCCC3CCC21.CC.CO. The molecule has 4 aliphatic carbocycles. The van der Waals surface area contributed by atoms with E-state index in [2.05, 4.69) is 0 Å². The van der Waals surface area contributed by atoms with Crippen LogP contribution in [0.5, 0.6) is 0 Å². The van der Waals surface area contributed by atoms with Gasteiger partial charge in [-0.2, -0.15) is 0 Å². The van der Waals surface area contributed by atoms with E-state index in [4.69, 9.17) is 5.11 Å². The lowest BCUT2D eigenvalue weighted by molar-refractivity contribution is -0.0408. The van der Waals surface area contributed by atoms with Crippen molar-refractivity contribution in [2.45, 2.75) is 90.9 Å². The van der Waals surface area contributed by atoms with Gasteiger partial charge in [0, 0.05) is 7.11 Å². The third kappa shape index (κ3) is 3.71. The van der Waals surface area contributed by atoms with Gasteiger partial charge in [-0.25, -0.2) is 0 Å². The highest BCUT2D eigenvalue weighted by Gasteiger charge is 2.47. The van der Waals surface area contributed by atoms with Gasteiger partial charge < -0.3 is 5.11 Å². The number of fused-ring (bicyclic) bond motifs is 5. The molecule has 0 aromatic heterocycles. The summed E-state index contributed by atoms with van der Waals surface area (Å²) in [6.07, 6.45) is 19.0. The average Bonchev–Trinajstić information content (AvgIpc) is 2.64. The molecule has 0 saturated heterocycles. The van der Waals surface area contributed by atoms with Crippen molar-refractivity contribution in [3.8, 4) is 0 Å². The van der Waals surface area contributed by atoms with Crippen molar-refractivity contribution in [2.75, 3.05) is 7.11 Å². The van der Waals surface area contributed by atoms with Crippen molar-refractivity contribution in [1.29, 1.82) is 0 Å². The first kappa shape index (κ1) is 18.3. The Hall–Kier alpha value is -0.0400. The van der Waals surface area contributed by atoms with Gasteiger partial charge in [-0.15, -0.1) is 0 Å². The molecule has 0 aliphatic heterocycles.